The minimum atomic E-state index is -0.511. The van der Waals surface area contributed by atoms with Crippen molar-refractivity contribution >= 4 is 39.1 Å². The van der Waals surface area contributed by atoms with Gasteiger partial charge >= 0.3 is 5.97 Å². The molecule has 132 valence electrons. The van der Waals surface area contributed by atoms with Gasteiger partial charge in [-0.3, -0.25) is 4.79 Å². The molecule has 0 radical (unpaired) electrons. The van der Waals surface area contributed by atoms with Crippen LogP contribution in [0.5, 0.6) is 11.5 Å². The number of likely N-dealkylation sites (N-methyl/N-ethyl adjacent to an activating group) is 1. The predicted molar refractivity (Wildman–Crippen MR) is 96.3 cm³/mol. The average Bonchev–Trinajstić information content (AvgIpc) is 3.05. The molecular formula is C17H16BrNO5S. The predicted octanol–water partition coefficient (Wildman–Crippen LogP) is 2.97. The first kappa shape index (κ1) is 17.8. The fourth-order valence-electron chi connectivity index (χ4n) is 2.29. The van der Waals surface area contributed by atoms with E-state index >= 15 is 0 Å². The van der Waals surface area contributed by atoms with Gasteiger partial charge in [-0.2, -0.15) is 0 Å². The molecule has 25 heavy (non-hydrogen) atoms. The van der Waals surface area contributed by atoms with Crippen LogP contribution in [0, 0.1) is 0 Å². The Bertz CT molecular complexity index is 778. The molecule has 0 N–H and O–H groups in total. The van der Waals surface area contributed by atoms with E-state index in [2.05, 4.69) is 15.9 Å². The van der Waals surface area contributed by atoms with E-state index in [1.165, 1.54) is 16.2 Å². The van der Waals surface area contributed by atoms with E-state index in [4.69, 9.17) is 14.2 Å². The normalized spacial score (nSPS) is 15.5. The molecule has 0 spiro atoms. The lowest BCUT2D eigenvalue weighted by Gasteiger charge is -2.29. The molecule has 0 fully saturated rings. The molecule has 1 aliphatic heterocycles. The first-order chi connectivity index (χ1) is 12.0. The molecule has 1 atom stereocenters. The van der Waals surface area contributed by atoms with Gasteiger partial charge in [0, 0.05) is 7.05 Å². The molecule has 0 bridgehead atoms. The molecule has 0 saturated heterocycles. The molecule has 1 aliphatic rings. The van der Waals surface area contributed by atoms with Gasteiger partial charge in [-0.05, 0) is 40.2 Å². The van der Waals surface area contributed by atoms with Crippen molar-refractivity contribution in [3.8, 4) is 11.5 Å². The van der Waals surface area contributed by atoms with Crippen LogP contribution in [0.4, 0.5) is 0 Å². The fraction of sp³-hybridized carbons (Fsp3) is 0.294. The number of thiophene rings is 1. The summed E-state index contributed by atoms with van der Waals surface area (Å²) in [5.41, 5.74) is 0. The van der Waals surface area contributed by atoms with Crippen molar-refractivity contribution in [1.29, 1.82) is 0 Å². The van der Waals surface area contributed by atoms with Gasteiger partial charge in [0.1, 0.15) is 11.5 Å². The third-order valence-electron chi connectivity index (χ3n) is 3.57. The van der Waals surface area contributed by atoms with Crippen LogP contribution < -0.4 is 9.47 Å². The van der Waals surface area contributed by atoms with Crippen molar-refractivity contribution in [3.63, 3.8) is 0 Å². The van der Waals surface area contributed by atoms with E-state index in [9.17, 15) is 9.59 Å². The third-order valence-corrected chi connectivity index (χ3v) is 5.18. The van der Waals surface area contributed by atoms with Gasteiger partial charge in [0.05, 0.1) is 10.3 Å². The van der Waals surface area contributed by atoms with Crippen molar-refractivity contribution in [2.45, 2.75) is 6.10 Å². The first-order valence-corrected chi connectivity index (χ1v) is 9.19. The number of ether oxygens (including phenoxy) is 3. The molecule has 6 nitrogen and oxygen atoms in total. The summed E-state index contributed by atoms with van der Waals surface area (Å²) in [4.78, 5) is 25.9. The molecule has 2 heterocycles. The van der Waals surface area contributed by atoms with Crippen LogP contribution in [0.15, 0.2) is 40.2 Å². The first-order valence-electron chi connectivity index (χ1n) is 7.58. The summed E-state index contributed by atoms with van der Waals surface area (Å²) in [5.74, 6) is 0.549. The molecule has 1 aromatic carbocycles. The molecular weight excluding hydrogens is 410 g/mol. The van der Waals surface area contributed by atoms with Gasteiger partial charge < -0.3 is 19.1 Å². The zero-order chi connectivity index (χ0) is 17.8. The molecule has 1 aromatic heterocycles. The van der Waals surface area contributed by atoms with E-state index in [1.54, 1.807) is 19.2 Å². The molecule has 0 saturated carbocycles. The van der Waals surface area contributed by atoms with Crippen LogP contribution in [0.25, 0.3) is 0 Å². The number of para-hydroxylation sites is 2. The summed E-state index contributed by atoms with van der Waals surface area (Å²) in [6.45, 7) is 0.391. The number of halogens is 1. The Kier molecular flexibility index (Phi) is 5.60. The molecule has 1 unspecified atom stereocenters. The van der Waals surface area contributed by atoms with Crippen LogP contribution in [0.3, 0.4) is 0 Å². The summed E-state index contributed by atoms with van der Waals surface area (Å²) in [5, 5.41) is 0. The average molecular weight is 426 g/mol. The minimum absolute atomic E-state index is 0.271. The van der Waals surface area contributed by atoms with Crippen LogP contribution in [0.2, 0.25) is 0 Å². The maximum absolute atomic E-state index is 12.1. The Morgan fingerprint density at radius 3 is 2.76 bits per heavy atom. The van der Waals surface area contributed by atoms with E-state index in [1.807, 2.05) is 24.3 Å². The van der Waals surface area contributed by atoms with Crippen LogP contribution in [-0.2, 0) is 9.53 Å². The lowest BCUT2D eigenvalue weighted by Crippen LogP contribution is -2.43. The zero-order valence-electron chi connectivity index (χ0n) is 13.4. The SMILES string of the molecule is CN(CC1COc2ccccc2O1)C(=O)COC(=O)c1ccc(Br)s1. The maximum atomic E-state index is 12.1. The van der Waals surface area contributed by atoms with Crippen molar-refractivity contribution in [2.24, 2.45) is 0 Å². The van der Waals surface area contributed by atoms with Crippen molar-refractivity contribution in [1.82, 2.24) is 4.90 Å². The Labute approximate surface area is 157 Å². The fourth-order valence-corrected chi connectivity index (χ4v) is 3.57. The number of benzene rings is 1. The van der Waals surface area contributed by atoms with Gasteiger partial charge in [0.2, 0.25) is 0 Å². The number of hydrogen-bond donors (Lipinski definition) is 0. The number of hydrogen-bond acceptors (Lipinski definition) is 6. The van der Waals surface area contributed by atoms with Gasteiger partial charge in [0.15, 0.2) is 24.2 Å². The third kappa shape index (κ3) is 4.52. The standard InChI is InChI=1S/C17H16BrNO5S/c1-19(8-11-9-22-12-4-2-3-5-13(12)24-11)16(20)10-23-17(21)14-6-7-15(18)25-14/h2-7,11H,8-10H2,1H3. The van der Waals surface area contributed by atoms with E-state index in [0.29, 0.717) is 29.5 Å². The molecule has 3 rings (SSSR count). The lowest BCUT2D eigenvalue weighted by atomic mass is 10.2. The highest BCUT2D eigenvalue weighted by atomic mass is 79.9. The number of amides is 1. The summed E-state index contributed by atoms with van der Waals surface area (Å²) >= 11 is 4.54. The number of rotatable bonds is 5. The Morgan fingerprint density at radius 1 is 1.28 bits per heavy atom. The van der Waals surface area contributed by atoms with E-state index in [-0.39, 0.29) is 18.6 Å². The second-order valence-electron chi connectivity index (χ2n) is 5.45. The summed E-state index contributed by atoms with van der Waals surface area (Å²) < 4.78 is 17.3. The van der Waals surface area contributed by atoms with E-state index < -0.39 is 5.97 Å². The van der Waals surface area contributed by atoms with Crippen molar-refractivity contribution in [3.05, 3.63) is 45.1 Å². The molecule has 2 aromatic rings. The largest absolute Gasteiger partial charge is 0.486 e. The second-order valence-corrected chi connectivity index (χ2v) is 7.91. The molecule has 8 heteroatoms. The summed E-state index contributed by atoms with van der Waals surface area (Å²) in [6, 6.07) is 10.8. The number of carbonyl (C=O) groups excluding carboxylic acids is 2. The van der Waals surface area contributed by atoms with Crippen molar-refractivity contribution < 1.29 is 23.8 Å². The monoisotopic (exact) mass is 425 g/mol. The number of nitrogens with zero attached hydrogens (tertiary/aromatic N) is 1. The van der Waals surface area contributed by atoms with Gasteiger partial charge in [0.25, 0.3) is 5.91 Å². The molecule has 1 amide bonds. The Balaban J connectivity index is 1.47. The highest BCUT2D eigenvalue weighted by molar-refractivity contribution is 9.11. The smallest absolute Gasteiger partial charge is 0.348 e. The molecule has 0 aliphatic carbocycles. The number of fused-ring (bicyclic) bond motifs is 1. The second kappa shape index (κ2) is 7.88. The summed E-state index contributed by atoms with van der Waals surface area (Å²) in [6.07, 6.45) is -0.271. The zero-order valence-corrected chi connectivity index (χ0v) is 15.8. The Morgan fingerprint density at radius 2 is 2.04 bits per heavy atom. The number of carbonyl (C=O) groups is 2. The van der Waals surface area contributed by atoms with Crippen LogP contribution in [0.1, 0.15) is 9.67 Å². The quantitative estimate of drug-likeness (QED) is 0.688. The van der Waals surface area contributed by atoms with Crippen LogP contribution in [-0.4, -0.2) is 49.7 Å². The van der Waals surface area contributed by atoms with E-state index in [0.717, 1.165) is 3.79 Å². The van der Waals surface area contributed by atoms with Crippen LogP contribution >= 0.6 is 27.3 Å². The highest BCUT2D eigenvalue weighted by Crippen LogP contribution is 2.31. The Hall–Kier alpha value is -2.06. The lowest BCUT2D eigenvalue weighted by molar-refractivity contribution is -0.134. The van der Waals surface area contributed by atoms with Gasteiger partial charge in [-0.15, -0.1) is 11.3 Å². The van der Waals surface area contributed by atoms with Gasteiger partial charge in [-0.25, -0.2) is 4.79 Å². The van der Waals surface area contributed by atoms with Crippen molar-refractivity contribution in [2.75, 3.05) is 26.8 Å². The maximum Gasteiger partial charge on any atom is 0.348 e. The summed E-state index contributed by atoms with van der Waals surface area (Å²) in [7, 11) is 1.64. The highest BCUT2D eigenvalue weighted by Gasteiger charge is 2.24. The topological polar surface area (TPSA) is 65.1 Å². The minimum Gasteiger partial charge on any atom is -0.486 e. The van der Waals surface area contributed by atoms with Gasteiger partial charge in [-0.1, -0.05) is 12.1 Å². The number of esters is 1.